The lowest BCUT2D eigenvalue weighted by molar-refractivity contribution is 0.632. The fourth-order valence-electron chi connectivity index (χ4n) is 6.06. The highest BCUT2D eigenvalue weighted by Gasteiger charge is 2.24. The number of hydrogen-bond acceptors (Lipinski definition) is 1. The average molecular weight is 616 g/mol. The molecular weight excluding hydrogens is 569 g/mol. The van der Waals surface area contributed by atoms with Crippen molar-refractivity contribution in [2.45, 2.75) is 0 Å². The standard InChI is InChI=1S/C46H30O/c1-4-15-31(16-5-1)34-21-14-22-36(29-34)46-45(41-30-35(27-28-42(41)47-46)32-17-6-2-7-18-32)44-39-25-12-10-23-37(39)43(33-19-8-3-9-20-33)38-24-11-13-26-40(38)44/h1-30H/i1D,4D,5D,10D,11D,12D,13D,14D,15D,16D,21D,22D,23D,24D,25D,26D,29D. The highest BCUT2D eigenvalue weighted by atomic mass is 16.3. The zero-order chi connectivity index (χ0) is 46.0. The molecule has 0 saturated heterocycles. The first-order valence-electron chi connectivity index (χ1n) is 23.2. The summed E-state index contributed by atoms with van der Waals surface area (Å²) in [7, 11) is 0. The summed E-state index contributed by atoms with van der Waals surface area (Å²) in [6.45, 7) is 0. The third kappa shape index (κ3) is 4.64. The quantitative estimate of drug-likeness (QED) is 0.176. The summed E-state index contributed by atoms with van der Waals surface area (Å²) in [6, 6.07) is 10.8. The van der Waals surface area contributed by atoms with Crippen LogP contribution in [0, 0.1) is 0 Å². The Labute approximate surface area is 297 Å². The fraction of sp³-hybridized carbons (Fsp3) is 0. The lowest BCUT2D eigenvalue weighted by Crippen LogP contribution is -1.91. The Balaban J connectivity index is 1.60. The number of furan rings is 1. The molecule has 0 bridgehead atoms. The van der Waals surface area contributed by atoms with Crippen molar-refractivity contribution in [1.82, 2.24) is 0 Å². The van der Waals surface area contributed by atoms with Crippen LogP contribution >= 0.6 is 0 Å². The van der Waals surface area contributed by atoms with E-state index in [9.17, 15) is 8.22 Å². The summed E-state index contributed by atoms with van der Waals surface area (Å²) in [5, 5.41) is -0.393. The van der Waals surface area contributed by atoms with Crippen LogP contribution in [0.15, 0.2) is 186 Å². The van der Waals surface area contributed by atoms with Crippen LogP contribution < -0.4 is 0 Å². The summed E-state index contributed by atoms with van der Waals surface area (Å²) in [4.78, 5) is 0. The lowest BCUT2D eigenvalue weighted by atomic mass is 9.84. The highest BCUT2D eigenvalue weighted by Crippen LogP contribution is 2.50. The number of hydrogen-bond donors (Lipinski definition) is 0. The molecule has 0 unspecified atom stereocenters. The molecule has 8 aromatic carbocycles. The third-order valence-corrected chi connectivity index (χ3v) is 8.08. The molecule has 47 heavy (non-hydrogen) atoms. The van der Waals surface area contributed by atoms with Crippen LogP contribution in [0.4, 0.5) is 0 Å². The van der Waals surface area contributed by atoms with Crippen molar-refractivity contribution >= 4 is 32.5 Å². The lowest BCUT2D eigenvalue weighted by Gasteiger charge is -2.18. The van der Waals surface area contributed by atoms with Crippen molar-refractivity contribution in [2.24, 2.45) is 0 Å². The minimum Gasteiger partial charge on any atom is -0.455 e. The van der Waals surface area contributed by atoms with E-state index in [1.807, 2.05) is 30.3 Å². The van der Waals surface area contributed by atoms with Gasteiger partial charge in [0.25, 0.3) is 0 Å². The van der Waals surface area contributed by atoms with Gasteiger partial charge in [-0.15, -0.1) is 0 Å². The van der Waals surface area contributed by atoms with Crippen LogP contribution in [0.25, 0.3) is 88.3 Å². The molecule has 0 saturated carbocycles. The van der Waals surface area contributed by atoms with Crippen LogP contribution in [0.3, 0.4) is 0 Å². The minimum atomic E-state index is -0.804. The van der Waals surface area contributed by atoms with Gasteiger partial charge >= 0.3 is 0 Å². The number of fused-ring (bicyclic) bond motifs is 3. The predicted molar refractivity (Wildman–Crippen MR) is 198 cm³/mol. The van der Waals surface area contributed by atoms with Crippen LogP contribution in [0.5, 0.6) is 0 Å². The zero-order valence-corrected chi connectivity index (χ0v) is 24.4. The van der Waals surface area contributed by atoms with E-state index in [0.717, 1.165) is 5.56 Å². The SMILES string of the molecule is [2H]c1c([2H])c([2H])c(-c2c([2H])c([2H])c([2H])c(-c3oc4ccc(-c5ccccc5)cc4c3-c3c4c([2H])c([2H])c([2H])c([2H])c4c(-c4ccccc4)c4c([2H])c([2H])c([2H])c([2H])c34)c2[2H])c([2H])c1[2H]. The first-order chi connectivity index (χ1) is 30.4. The summed E-state index contributed by atoms with van der Waals surface area (Å²) in [5.74, 6) is -0.382. The van der Waals surface area contributed by atoms with Crippen molar-refractivity contribution < 1.29 is 27.7 Å². The maximum absolute atomic E-state index is 9.68. The molecule has 1 heteroatoms. The topological polar surface area (TPSA) is 13.1 Å². The fourth-order valence-corrected chi connectivity index (χ4v) is 6.06. The molecule has 1 nitrogen and oxygen atoms in total. The Kier molecular flexibility index (Phi) is 3.60. The second-order valence-corrected chi connectivity index (χ2v) is 10.7. The molecule has 1 aromatic heterocycles. The third-order valence-electron chi connectivity index (χ3n) is 8.08. The normalized spacial score (nSPS) is 16.5. The van der Waals surface area contributed by atoms with E-state index < -0.39 is 119 Å². The van der Waals surface area contributed by atoms with Crippen molar-refractivity contribution in [2.75, 3.05) is 0 Å². The zero-order valence-electron chi connectivity index (χ0n) is 41.4. The van der Waals surface area contributed by atoms with E-state index in [4.69, 9.17) is 19.5 Å². The molecule has 0 aliphatic heterocycles. The molecular formula is C46H30O. The van der Waals surface area contributed by atoms with Gasteiger partial charge in [0, 0.05) is 22.1 Å². The van der Waals surface area contributed by atoms with Gasteiger partial charge in [0.1, 0.15) is 11.3 Å². The van der Waals surface area contributed by atoms with Gasteiger partial charge in [-0.25, -0.2) is 0 Å². The smallest absolute Gasteiger partial charge is 0.143 e. The Morgan fingerprint density at radius 3 is 1.57 bits per heavy atom. The Hall–Kier alpha value is -6.18. The molecule has 0 spiro atoms. The molecule has 0 amide bonds. The van der Waals surface area contributed by atoms with E-state index in [2.05, 4.69) is 0 Å². The summed E-state index contributed by atoms with van der Waals surface area (Å²) in [5.41, 5.74) is -0.0314. The summed E-state index contributed by atoms with van der Waals surface area (Å²) < 4.78 is 159. The van der Waals surface area contributed by atoms with E-state index >= 15 is 0 Å². The van der Waals surface area contributed by atoms with E-state index in [1.54, 1.807) is 48.5 Å². The molecule has 0 fully saturated rings. The van der Waals surface area contributed by atoms with Gasteiger partial charge in [-0.05, 0) is 73.1 Å². The van der Waals surface area contributed by atoms with Gasteiger partial charge in [0.05, 0.1) is 23.3 Å². The molecule has 0 N–H and O–H groups in total. The molecule has 9 aromatic rings. The maximum atomic E-state index is 9.68. The molecule has 0 aliphatic rings. The summed E-state index contributed by atoms with van der Waals surface area (Å²) in [6.07, 6.45) is 0. The van der Waals surface area contributed by atoms with Crippen LogP contribution in [0.1, 0.15) is 23.3 Å². The van der Waals surface area contributed by atoms with Gasteiger partial charge in [-0.2, -0.15) is 0 Å². The monoisotopic (exact) mass is 615 g/mol. The maximum Gasteiger partial charge on any atom is 0.143 e. The van der Waals surface area contributed by atoms with E-state index in [1.165, 1.54) is 0 Å². The molecule has 1 heterocycles. The van der Waals surface area contributed by atoms with Crippen molar-refractivity contribution in [3.05, 3.63) is 182 Å². The van der Waals surface area contributed by atoms with Crippen molar-refractivity contribution in [3.8, 4) is 55.8 Å². The highest BCUT2D eigenvalue weighted by molar-refractivity contribution is 6.25. The van der Waals surface area contributed by atoms with Gasteiger partial charge < -0.3 is 4.42 Å². The van der Waals surface area contributed by atoms with Gasteiger partial charge in [-0.3, -0.25) is 0 Å². The van der Waals surface area contributed by atoms with Gasteiger partial charge in [0.15, 0.2) is 0 Å². The number of rotatable bonds is 5. The minimum absolute atomic E-state index is 0.0874. The Morgan fingerprint density at radius 1 is 0.362 bits per heavy atom. The Morgan fingerprint density at radius 2 is 0.915 bits per heavy atom. The van der Waals surface area contributed by atoms with Gasteiger partial charge in [0.2, 0.25) is 0 Å². The molecule has 0 aliphatic carbocycles. The van der Waals surface area contributed by atoms with Gasteiger partial charge in [-0.1, -0.05) is 163 Å². The van der Waals surface area contributed by atoms with Crippen LogP contribution in [-0.2, 0) is 0 Å². The average Bonchev–Trinajstić information content (AvgIpc) is 3.67. The predicted octanol–water partition coefficient (Wildman–Crippen LogP) is 13.1. The molecule has 9 rings (SSSR count). The molecule has 0 atom stereocenters. The van der Waals surface area contributed by atoms with E-state index in [-0.39, 0.29) is 55.0 Å². The second kappa shape index (κ2) is 11.3. The Bertz CT molecular complexity index is 3400. The molecule has 0 radical (unpaired) electrons. The summed E-state index contributed by atoms with van der Waals surface area (Å²) >= 11 is 0. The van der Waals surface area contributed by atoms with Crippen LogP contribution in [-0.4, -0.2) is 0 Å². The number of benzene rings is 8. The van der Waals surface area contributed by atoms with Crippen LogP contribution in [0.2, 0.25) is 0 Å². The first kappa shape index (κ1) is 14.9. The first-order valence-corrected chi connectivity index (χ1v) is 14.7. The molecule has 220 valence electrons. The van der Waals surface area contributed by atoms with Crippen molar-refractivity contribution in [3.63, 3.8) is 0 Å². The largest absolute Gasteiger partial charge is 0.455 e. The van der Waals surface area contributed by atoms with E-state index in [0.29, 0.717) is 11.1 Å². The van der Waals surface area contributed by atoms with Crippen molar-refractivity contribution in [1.29, 1.82) is 0 Å². The second-order valence-electron chi connectivity index (χ2n) is 10.7.